The number of nitrogens with zero attached hydrogens (tertiary/aromatic N) is 1. The van der Waals surface area contributed by atoms with Crippen LogP contribution < -0.4 is 5.32 Å². The number of nitro benzene ring substituents is 1. The van der Waals surface area contributed by atoms with E-state index in [9.17, 15) is 19.7 Å². The van der Waals surface area contributed by atoms with E-state index in [1.165, 1.54) is 6.07 Å². The van der Waals surface area contributed by atoms with E-state index in [-0.39, 0.29) is 10.6 Å². The van der Waals surface area contributed by atoms with Gasteiger partial charge in [-0.1, -0.05) is 72.3 Å². The summed E-state index contributed by atoms with van der Waals surface area (Å²) in [5, 5.41) is 14.1. The summed E-state index contributed by atoms with van der Waals surface area (Å²) in [7, 11) is 0. The number of rotatable bonds is 7. The second kappa shape index (κ2) is 9.67. The average Bonchev–Trinajstić information content (AvgIpc) is 2.76. The molecule has 0 aliphatic rings. The molecule has 152 valence electrons. The van der Waals surface area contributed by atoms with Gasteiger partial charge in [-0.2, -0.15) is 0 Å². The van der Waals surface area contributed by atoms with E-state index in [1.54, 1.807) is 0 Å². The third kappa shape index (κ3) is 5.21. The summed E-state index contributed by atoms with van der Waals surface area (Å²) in [6.07, 6.45) is 0. The number of carbonyl (C=O) groups is 2. The van der Waals surface area contributed by atoms with Crippen molar-refractivity contribution in [2.75, 3.05) is 6.61 Å². The number of benzene rings is 3. The predicted molar refractivity (Wildman–Crippen MR) is 111 cm³/mol. The Kier molecular flexibility index (Phi) is 6.77. The minimum atomic E-state index is -1.00. The number of hydrogen-bond acceptors (Lipinski definition) is 5. The zero-order valence-electron chi connectivity index (χ0n) is 15.7. The third-order valence-electron chi connectivity index (χ3n) is 4.28. The highest BCUT2D eigenvalue weighted by atomic mass is 35.5. The van der Waals surface area contributed by atoms with Gasteiger partial charge in [0.25, 0.3) is 11.6 Å². The molecule has 0 spiro atoms. The van der Waals surface area contributed by atoms with E-state index in [0.29, 0.717) is 0 Å². The van der Waals surface area contributed by atoms with Gasteiger partial charge in [0, 0.05) is 11.1 Å². The average molecular weight is 425 g/mol. The second-order valence-electron chi connectivity index (χ2n) is 6.32. The van der Waals surface area contributed by atoms with Crippen molar-refractivity contribution in [3.05, 3.63) is 111 Å². The van der Waals surface area contributed by atoms with E-state index < -0.39 is 35.1 Å². The number of hydrogen-bond donors (Lipinski definition) is 1. The predicted octanol–water partition coefficient (Wildman–Crippen LogP) is 4.31. The number of nitrogens with one attached hydrogen (secondary N) is 1. The number of amides is 1. The first-order chi connectivity index (χ1) is 14.5. The summed E-state index contributed by atoms with van der Waals surface area (Å²) in [4.78, 5) is 35.2. The first kappa shape index (κ1) is 21.0. The van der Waals surface area contributed by atoms with Crippen LogP contribution in [0.5, 0.6) is 0 Å². The SMILES string of the molecule is O=C(COC(=O)c1cc(Cl)ccc1[N+](=O)[O-])NC(c1ccccc1)c1ccccc1. The highest BCUT2D eigenvalue weighted by Crippen LogP contribution is 2.24. The van der Waals surface area contributed by atoms with Gasteiger partial charge in [0.1, 0.15) is 5.56 Å². The molecule has 30 heavy (non-hydrogen) atoms. The summed E-state index contributed by atoms with van der Waals surface area (Å²) >= 11 is 5.82. The van der Waals surface area contributed by atoms with Crippen molar-refractivity contribution in [2.24, 2.45) is 0 Å². The topological polar surface area (TPSA) is 98.5 Å². The lowest BCUT2D eigenvalue weighted by atomic mass is 9.99. The van der Waals surface area contributed by atoms with Gasteiger partial charge < -0.3 is 10.1 Å². The molecule has 3 aromatic carbocycles. The monoisotopic (exact) mass is 424 g/mol. The maximum atomic E-state index is 12.5. The van der Waals surface area contributed by atoms with Gasteiger partial charge >= 0.3 is 5.97 Å². The van der Waals surface area contributed by atoms with Crippen molar-refractivity contribution in [1.82, 2.24) is 5.32 Å². The van der Waals surface area contributed by atoms with Crippen molar-refractivity contribution in [2.45, 2.75) is 6.04 Å². The van der Waals surface area contributed by atoms with Crippen LogP contribution in [0, 0.1) is 10.1 Å². The van der Waals surface area contributed by atoms with Crippen molar-refractivity contribution >= 4 is 29.2 Å². The smallest absolute Gasteiger partial charge is 0.345 e. The van der Waals surface area contributed by atoms with E-state index in [4.69, 9.17) is 16.3 Å². The van der Waals surface area contributed by atoms with E-state index in [0.717, 1.165) is 23.3 Å². The number of ether oxygens (including phenoxy) is 1. The summed E-state index contributed by atoms with van der Waals surface area (Å²) in [5.41, 5.74) is 0.946. The maximum Gasteiger partial charge on any atom is 0.345 e. The molecule has 7 nitrogen and oxygen atoms in total. The van der Waals surface area contributed by atoms with Crippen LogP contribution in [-0.2, 0) is 9.53 Å². The van der Waals surface area contributed by atoms with Crippen molar-refractivity contribution in [3.8, 4) is 0 Å². The Hall–Kier alpha value is -3.71. The molecule has 1 N–H and O–H groups in total. The van der Waals surface area contributed by atoms with Gasteiger partial charge in [0.15, 0.2) is 6.61 Å². The largest absolute Gasteiger partial charge is 0.452 e. The molecule has 0 unspecified atom stereocenters. The quantitative estimate of drug-likeness (QED) is 0.346. The minimum Gasteiger partial charge on any atom is -0.452 e. The Morgan fingerprint density at radius 1 is 0.967 bits per heavy atom. The maximum absolute atomic E-state index is 12.5. The molecular weight excluding hydrogens is 408 g/mol. The summed E-state index contributed by atoms with van der Waals surface area (Å²) in [6.45, 7) is -0.599. The third-order valence-corrected chi connectivity index (χ3v) is 4.52. The molecule has 8 heteroatoms. The standard InChI is InChI=1S/C22H17ClN2O5/c23-17-11-12-19(25(28)29)18(13-17)22(27)30-14-20(26)24-21(15-7-3-1-4-8-15)16-9-5-2-6-10-16/h1-13,21H,14H2,(H,24,26). The molecule has 0 saturated heterocycles. The molecule has 3 aromatic rings. The van der Waals surface area contributed by atoms with Gasteiger partial charge in [0.05, 0.1) is 11.0 Å². The Balaban J connectivity index is 1.72. The van der Waals surface area contributed by atoms with Crippen molar-refractivity contribution < 1.29 is 19.2 Å². The molecule has 0 aliphatic heterocycles. The van der Waals surface area contributed by atoms with E-state index in [1.807, 2.05) is 60.7 Å². The van der Waals surface area contributed by atoms with Gasteiger partial charge in [-0.25, -0.2) is 4.79 Å². The van der Waals surface area contributed by atoms with E-state index in [2.05, 4.69) is 5.32 Å². The fourth-order valence-electron chi connectivity index (χ4n) is 2.89. The normalized spacial score (nSPS) is 10.5. The molecule has 0 fully saturated rings. The number of halogens is 1. The minimum absolute atomic E-state index is 0.144. The zero-order chi connectivity index (χ0) is 21.5. The number of carbonyl (C=O) groups excluding carboxylic acids is 2. The lowest BCUT2D eigenvalue weighted by Gasteiger charge is -2.20. The lowest BCUT2D eigenvalue weighted by molar-refractivity contribution is -0.385. The number of nitro groups is 1. The molecular formula is C22H17ClN2O5. The molecule has 0 radical (unpaired) electrons. The Labute approximate surface area is 177 Å². The van der Waals surface area contributed by atoms with Crippen LogP contribution in [0.4, 0.5) is 5.69 Å². The first-order valence-corrected chi connectivity index (χ1v) is 9.34. The van der Waals surface area contributed by atoms with Crippen LogP contribution in [0.15, 0.2) is 78.9 Å². The summed E-state index contributed by atoms with van der Waals surface area (Å²) in [6, 6.07) is 21.8. The fourth-order valence-corrected chi connectivity index (χ4v) is 3.06. The summed E-state index contributed by atoms with van der Waals surface area (Å²) in [5.74, 6) is -1.55. The van der Waals surface area contributed by atoms with Crippen molar-refractivity contribution in [3.63, 3.8) is 0 Å². The summed E-state index contributed by atoms with van der Waals surface area (Å²) < 4.78 is 4.99. The van der Waals surface area contributed by atoms with Gasteiger partial charge in [-0.3, -0.25) is 14.9 Å². The first-order valence-electron chi connectivity index (χ1n) is 8.96. The van der Waals surface area contributed by atoms with Crippen LogP contribution in [0.1, 0.15) is 27.5 Å². The fraction of sp³-hybridized carbons (Fsp3) is 0.0909. The second-order valence-corrected chi connectivity index (χ2v) is 6.75. The van der Waals surface area contributed by atoms with Gasteiger partial charge in [-0.15, -0.1) is 0 Å². The van der Waals surface area contributed by atoms with Crippen LogP contribution in [0.2, 0.25) is 5.02 Å². The van der Waals surface area contributed by atoms with Crippen LogP contribution in [0.3, 0.4) is 0 Å². The van der Waals surface area contributed by atoms with Crippen LogP contribution >= 0.6 is 11.6 Å². The Morgan fingerprint density at radius 2 is 1.53 bits per heavy atom. The molecule has 3 rings (SSSR count). The lowest BCUT2D eigenvalue weighted by Crippen LogP contribution is -2.33. The molecule has 0 aliphatic carbocycles. The van der Waals surface area contributed by atoms with Crippen LogP contribution in [0.25, 0.3) is 0 Å². The Morgan fingerprint density at radius 3 is 2.07 bits per heavy atom. The molecule has 1 amide bonds. The highest BCUT2D eigenvalue weighted by Gasteiger charge is 2.23. The van der Waals surface area contributed by atoms with Gasteiger partial charge in [-0.05, 0) is 23.3 Å². The molecule has 0 aromatic heterocycles. The molecule has 0 saturated carbocycles. The Bertz CT molecular complexity index is 1020. The van der Waals surface area contributed by atoms with Crippen LogP contribution in [-0.4, -0.2) is 23.4 Å². The molecule has 0 bridgehead atoms. The number of esters is 1. The molecule has 0 atom stereocenters. The highest BCUT2D eigenvalue weighted by molar-refractivity contribution is 6.31. The van der Waals surface area contributed by atoms with Gasteiger partial charge in [0.2, 0.25) is 0 Å². The molecule has 0 heterocycles. The van der Waals surface area contributed by atoms with Crippen molar-refractivity contribution in [1.29, 1.82) is 0 Å². The van der Waals surface area contributed by atoms with E-state index >= 15 is 0 Å². The zero-order valence-corrected chi connectivity index (χ0v) is 16.4.